The van der Waals surface area contributed by atoms with E-state index in [4.69, 9.17) is 4.74 Å². The Kier molecular flexibility index (Phi) is 5.55. The van der Waals surface area contributed by atoms with Crippen LogP contribution in [0.25, 0.3) is 0 Å². The molecule has 0 unspecified atom stereocenters. The maximum Gasteiger partial charge on any atom is 0.308 e. The largest absolute Gasteiger partial charge is 0.464 e. The summed E-state index contributed by atoms with van der Waals surface area (Å²) >= 11 is 0. The molecule has 1 aromatic carbocycles. The SMILES string of the molecule is C[C@@H]1CC=CCCNC(=O)[C@H](c2ccccc2)COC1=O. The van der Waals surface area contributed by atoms with Crippen LogP contribution >= 0.6 is 0 Å². The Balaban J connectivity index is 2.15. The monoisotopic (exact) mass is 287 g/mol. The zero-order chi connectivity index (χ0) is 15.1. The van der Waals surface area contributed by atoms with Gasteiger partial charge in [0.2, 0.25) is 5.91 Å². The number of carbonyl (C=O) groups is 2. The number of ether oxygens (including phenoxy) is 1. The molecule has 21 heavy (non-hydrogen) atoms. The van der Waals surface area contributed by atoms with Crippen molar-refractivity contribution in [2.24, 2.45) is 5.92 Å². The molecule has 0 radical (unpaired) electrons. The number of hydrogen-bond acceptors (Lipinski definition) is 3. The van der Waals surface area contributed by atoms with E-state index in [0.717, 1.165) is 12.0 Å². The molecule has 1 N–H and O–H groups in total. The molecular weight excluding hydrogens is 266 g/mol. The number of nitrogens with one attached hydrogen (secondary N) is 1. The number of rotatable bonds is 1. The first kappa shape index (κ1) is 15.3. The van der Waals surface area contributed by atoms with Gasteiger partial charge in [-0.25, -0.2) is 0 Å². The van der Waals surface area contributed by atoms with Crippen LogP contribution in [0.15, 0.2) is 42.5 Å². The van der Waals surface area contributed by atoms with Crippen LogP contribution in [-0.2, 0) is 14.3 Å². The summed E-state index contributed by atoms with van der Waals surface area (Å²) in [6.07, 6.45) is 5.40. The van der Waals surface area contributed by atoms with Crippen molar-refractivity contribution in [2.75, 3.05) is 13.2 Å². The zero-order valence-electron chi connectivity index (χ0n) is 12.2. The van der Waals surface area contributed by atoms with Crippen LogP contribution in [-0.4, -0.2) is 25.0 Å². The fourth-order valence-corrected chi connectivity index (χ4v) is 2.23. The van der Waals surface area contributed by atoms with Gasteiger partial charge in [0.25, 0.3) is 0 Å². The summed E-state index contributed by atoms with van der Waals surface area (Å²) in [6.45, 7) is 2.53. The van der Waals surface area contributed by atoms with E-state index in [2.05, 4.69) is 5.32 Å². The van der Waals surface area contributed by atoms with Crippen molar-refractivity contribution in [3.63, 3.8) is 0 Å². The van der Waals surface area contributed by atoms with E-state index in [0.29, 0.717) is 13.0 Å². The van der Waals surface area contributed by atoms with Crippen molar-refractivity contribution in [1.29, 1.82) is 0 Å². The maximum absolute atomic E-state index is 12.3. The van der Waals surface area contributed by atoms with Gasteiger partial charge in [-0.2, -0.15) is 0 Å². The molecule has 1 aliphatic rings. The predicted octanol–water partition coefficient (Wildman–Crippen LogP) is 2.42. The zero-order valence-corrected chi connectivity index (χ0v) is 12.2. The third-order valence-corrected chi connectivity index (χ3v) is 3.58. The standard InChI is InChI=1S/C17H21NO3/c1-13-8-4-3-7-11-18-16(19)15(12-21-17(13)20)14-9-5-2-6-10-14/h2-6,9-10,13,15H,7-8,11-12H2,1H3,(H,18,19)/t13-,15+/m1/s1. The third kappa shape index (κ3) is 4.45. The van der Waals surface area contributed by atoms with E-state index in [9.17, 15) is 9.59 Å². The van der Waals surface area contributed by atoms with Crippen LogP contribution in [0.4, 0.5) is 0 Å². The van der Waals surface area contributed by atoms with Gasteiger partial charge in [-0.05, 0) is 18.4 Å². The first-order valence-corrected chi connectivity index (χ1v) is 7.32. The molecule has 0 saturated heterocycles. The van der Waals surface area contributed by atoms with Crippen LogP contribution in [0.2, 0.25) is 0 Å². The van der Waals surface area contributed by atoms with Crippen LogP contribution < -0.4 is 5.32 Å². The van der Waals surface area contributed by atoms with Gasteiger partial charge in [0, 0.05) is 6.54 Å². The maximum atomic E-state index is 12.3. The first-order chi connectivity index (χ1) is 10.2. The quantitative estimate of drug-likeness (QED) is 0.637. The highest BCUT2D eigenvalue weighted by molar-refractivity contribution is 5.84. The number of carbonyl (C=O) groups excluding carboxylic acids is 2. The van der Waals surface area contributed by atoms with Crippen LogP contribution in [0.5, 0.6) is 0 Å². The minimum Gasteiger partial charge on any atom is -0.464 e. The Bertz CT molecular complexity index is 510. The van der Waals surface area contributed by atoms with Crippen LogP contribution in [0, 0.1) is 5.92 Å². The molecule has 1 aromatic rings. The summed E-state index contributed by atoms with van der Waals surface area (Å²) in [7, 11) is 0. The highest BCUT2D eigenvalue weighted by Gasteiger charge is 2.23. The van der Waals surface area contributed by atoms with Crippen molar-refractivity contribution in [3.05, 3.63) is 48.0 Å². The van der Waals surface area contributed by atoms with Gasteiger partial charge in [-0.15, -0.1) is 0 Å². The number of hydrogen-bond donors (Lipinski definition) is 1. The van der Waals surface area contributed by atoms with Crippen molar-refractivity contribution in [3.8, 4) is 0 Å². The van der Waals surface area contributed by atoms with Crippen molar-refractivity contribution in [1.82, 2.24) is 5.32 Å². The minimum absolute atomic E-state index is 0.0860. The molecular formula is C17H21NO3. The van der Waals surface area contributed by atoms with Crippen molar-refractivity contribution in [2.45, 2.75) is 25.7 Å². The summed E-state index contributed by atoms with van der Waals surface area (Å²) in [4.78, 5) is 24.2. The molecule has 0 aromatic heterocycles. The lowest BCUT2D eigenvalue weighted by atomic mass is 9.98. The summed E-state index contributed by atoms with van der Waals surface area (Å²) in [5.41, 5.74) is 0.864. The van der Waals surface area contributed by atoms with Gasteiger partial charge < -0.3 is 10.1 Å². The molecule has 4 nitrogen and oxygen atoms in total. The average Bonchev–Trinajstić information content (AvgIpc) is 2.50. The second-order valence-corrected chi connectivity index (χ2v) is 5.28. The van der Waals surface area contributed by atoms with Crippen molar-refractivity contribution < 1.29 is 14.3 Å². The molecule has 1 heterocycles. The molecule has 0 saturated carbocycles. The molecule has 2 atom stereocenters. The lowest BCUT2D eigenvalue weighted by molar-refractivity contribution is -0.149. The number of esters is 1. The van der Waals surface area contributed by atoms with Gasteiger partial charge in [-0.3, -0.25) is 9.59 Å². The van der Waals surface area contributed by atoms with Gasteiger partial charge in [0.1, 0.15) is 6.61 Å². The van der Waals surface area contributed by atoms with E-state index in [-0.39, 0.29) is 24.4 Å². The van der Waals surface area contributed by atoms with Gasteiger partial charge in [0.05, 0.1) is 11.8 Å². The molecule has 2 rings (SSSR count). The van der Waals surface area contributed by atoms with Gasteiger partial charge in [-0.1, -0.05) is 49.4 Å². The highest BCUT2D eigenvalue weighted by Crippen LogP contribution is 2.18. The van der Waals surface area contributed by atoms with Gasteiger partial charge >= 0.3 is 5.97 Å². The molecule has 0 bridgehead atoms. The normalized spacial score (nSPS) is 24.4. The molecule has 112 valence electrons. The van der Waals surface area contributed by atoms with Gasteiger partial charge in [0.15, 0.2) is 0 Å². The summed E-state index contributed by atoms with van der Waals surface area (Å²) < 4.78 is 5.33. The summed E-state index contributed by atoms with van der Waals surface area (Å²) in [6, 6.07) is 9.42. The van der Waals surface area contributed by atoms with Crippen molar-refractivity contribution >= 4 is 11.9 Å². The summed E-state index contributed by atoms with van der Waals surface area (Å²) in [5, 5.41) is 2.89. The Hall–Kier alpha value is -2.10. The lowest BCUT2D eigenvalue weighted by Gasteiger charge is -2.19. The molecule has 0 aliphatic carbocycles. The number of benzene rings is 1. The van der Waals surface area contributed by atoms with E-state index < -0.39 is 5.92 Å². The lowest BCUT2D eigenvalue weighted by Crippen LogP contribution is -2.33. The first-order valence-electron chi connectivity index (χ1n) is 7.32. The van der Waals surface area contributed by atoms with Crippen LogP contribution in [0.1, 0.15) is 31.2 Å². The number of cyclic esters (lactones) is 1. The van der Waals surface area contributed by atoms with E-state index in [1.54, 1.807) is 0 Å². The Morgan fingerprint density at radius 3 is 2.67 bits per heavy atom. The van der Waals surface area contributed by atoms with Crippen LogP contribution in [0.3, 0.4) is 0 Å². The van der Waals surface area contributed by atoms with E-state index in [1.807, 2.05) is 49.4 Å². The molecule has 4 heteroatoms. The highest BCUT2D eigenvalue weighted by atomic mass is 16.5. The fraction of sp³-hybridized carbons (Fsp3) is 0.412. The Morgan fingerprint density at radius 2 is 1.90 bits per heavy atom. The predicted molar refractivity (Wildman–Crippen MR) is 80.7 cm³/mol. The molecule has 1 aliphatic heterocycles. The molecule has 0 fully saturated rings. The minimum atomic E-state index is -0.453. The second kappa shape index (κ2) is 7.62. The second-order valence-electron chi connectivity index (χ2n) is 5.28. The smallest absolute Gasteiger partial charge is 0.308 e. The molecule has 0 spiro atoms. The Morgan fingerprint density at radius 1 is 1.14 bits per heavy atom. The Labute approximate surface area is 125 Å². The topological polar surface area (TPSA) is 55.4 Å². The average molecular weight is 287 g/mol. The number of amides is 1. The summed E-state index contributed by atoms with van der Waals surface area (Å²) in [5.74, 6) is -0.990. The molecule has 1 amide bonds. The fourth-order valence-electron chi connectivity index (χ4n) is 2.23. The number of allylic oxidation sites excluding steroid dienone is 1. The van der Waals surface area contributed by atoms with E-state index in [1.165, 1.54) is 0 Å². The third-order valence-electron chi connectivity index (χ3n) is 3.58. The van der Waals surface area contributed by atoms with E-state index >= 15 is 0 Å².